The van der Waals surface area contributed by atoms with Crippen molar-refractivity contribution in [1.82, 2.24) is 0 Å². The third-order valence-corrected chi connectivity index (χ3v) is 2.27. The summed E-state index contributed by atoms with van der Waals surface area (Å²) in [6, 6.07) is 5.58. The molecule has 0 amide bonds. The van der Waals surface area contributed by atoms with Crippen molar-refractivity contribution in [3.8, 4) is 0 Å². The Morgan fingerprint density at radius 1 is 1.37 bits per heavy atom. The van der Waals surface area contributed by atoms with E-state index in [1.54, 1.807) is 6.07 Å². The Morgan fingerprint density at radius 2 is 1.89 bits per heavy atom. The van der Waals surface area contributed by atoms with Gasteiger partial charge in [-0.25, -0.2) is 4.79 Å². The first-order chi connectivity index (χ1) is 8.36. The molecule has 100 valence electrons. The number of halogens is 3. The fourth-order valence-corrected chi connectivity index (χ4v) is 1.38. The van der Waals surface area contributed by atoms with Crippen LogP contribution in [0.3, 0.4) is 0 Å². The number of carboxylic acid groups (broad SMARTS) is 1. The van der Waals surface area contributed by atoms with Gasteiger partial charge >= 0.3 is 63.5 Å². The second-order valence-corrected chi connectivity index (χ2v) is 3.60. The number of hydrogen-bond acceptors (Lipinski definition) is 2. The predicted molar refractivity (Wildman–Crippen MR) is 61.9 cm³/mol. The van der Waals surface area contributed by atoms with Gasteiger partial charge in [0.1, 0.15) is 11.8 Å². The first-order valence-electron chi connectivity index (χ1n) is 5.29. The molecule has 0 aromatic heterocycles. The molecular formula is C12H13F3KNO2. The van der Waals surface area contributed by atoms with Crippen molar-refractivity contribution in [2.75, 3.05) is 0 Å². The molecule has 0 aliphatic carbocycles. The van der Waals surface area contributed by atoms with Crippen LogP contribution in [0.5, 0.6) is 0 Å². The van der Waals surface area contributed by atoms with Gasteiger partial charge in [0, 0.05) is 5.56 Å². The fourth-order valence-electron chi connectivity index (χ4n) is 1.38. The van der Waals surface area contributed by atoms with E-state index in [0.29, 0.717) is 0 Å². The van der Waals surface area contributed by atoms with Crippen LogP contribution in [0.2, 0.25) is 0 Å². The Hall–Kier alpha value is -0.214. The molecule has 1 rings (SSSR count). The molecule has 0 heterocycles. The van der Waals surface area contributed by atoms with Gasteiger partial charge in [0.15, 0.2) is 0 Å². The zero-order chi connectivity index (χ0) is 13.8. The molecule has 1 aromatic rings. The monoisotopic (exact) mass is 299 g/mol. The average Bonchev–Trinajstić information content (AvgIpc) is 2.29. The van der Waals surface area contributed by atoms with Crippen LogP contribution in [0, 0.1) is 0 Å². The molecule has 0 aliphatic heterocycles. The quantitative estimate of drug-likeness (QED) is 0.629. The Bertz CT molecular complexity index is 452. The van der Waals surface area contributed by atoms with Gasteiger partial charge in [-0.1, -0.05) is 37.3 Å². The van der Waals surface area contributed by atoms with Gasteiger partial charge < -0.3 is 6.53 Å². The van der Waals surface area contributed by atoms with Crippen LogP contribution in [-0.2, 0) is 4.79 Å². The van der Waals surface area contributed by atoms with Crippen LogP contribution in [-0.4, -0.2) is 29.0 Å². The van der Waals surface area contributed by atoms with Gasteiger partial charge in [-0.2, -0.15) is 13.2 Å². The summed E-state index contributed by atoms with van der Waals surface area (Å²) >= 11 is 0. The van der Waals surface area contributed by atoms with E-state index in [0.717, 1.165) is 0 Å². The summed E-state index contributed by atoms with van der Waals surface area (Å²) < 4.78 is 38.5. The fraction of sp³-hybridized carbons (Fsp3) is 0.333. The predicted octanol–water partition coefficient (Wildman–Crippen LogP) is 0.0177. The molecular weight excluding hydrogens is 286 g/mol. The molecule has 0 unspecified atom stereocenters. The van der Waals surface area contributed by atoms with Crippen LogP contribution < -0.4 is 51.4 Å². The molecule has 0 radical (unpaired) electrons. The van der Waals surface area contributed by atoms with E-state index >= 15 is 0 Å². The molecule has 0 aliphatic rings. The zero-order valence-electron chi connectivity index (χ0n) is 11.6. The van der Waals surface area contributed by atoms with Crippen molar-refractivity contribution in [2.45, 2.75) is 25.6 Å². The maximum atomic E-state index is 12.8. The Labute approximate surface area is 152 Å². The van der Waals surface area contributed by atoms with Crippen LogP contribution >= 0.6 is 0 Å². The van der Waals surface area contributed by atoms with Gasteiger partial charge in [-0.15, -0.1) is 0 Å². The van der Waals surface area contributed by atoms with Gasteiger partial charge in [0.25, 0.3) is 0 Å². The first kappa shape index (κ1) is 18.8. The molecule has 1 N–H and O–H groups in total. The van der Waals surface area contributed by atoms with Crippen molar-refractivity contribution < 1.29 is 75.9 Å². The molecule has 0 saturated carbocycles. The van der Waals surface area contributed by atoms with E-state index in [1.807, 2.05) is 0 Å². The molecule has 1 atom stereocenters. The van der Waals surface area contributed by atoms with Crippen molar-refractivity contribution in [3.63, 3.8) is 0 Å². The number of aliphatic imine (C=N–C) groups is 1. The average molecular weight is 299 g/mol. The third kappa shape index (κ3) is 5.74. The summed E-state index contributed by atoms with van der Waals surface area (Å²) in [5.74, 6) is -1.37. The second kappa shape index (κ2) is 8.16. The van der Waals surface area contributed by atoms with E-state index in [9.17, 15) is 18.0 Å². The van der Waals surface area contributed by atoms with Crippen LogP contribution in [0.25, 0.3) is 0 Å². The molecule has 0 spiro atoms. The van der Waals surface area contributed by atoms with Gasteiger partial charge in [-0.3, -0.25) is 4.99 Å². The summed E-state index contributed by atoms with van der Waals surface area (Å²) in [7, 11) is 0. The van der Waals surface area contributed by atoms with E-state index < -0.39 is 23.9 Å². The van der Waals surface area contributed by atoms with E-state index in [1.165, 1.54) is 31.2 Å². The van der Waals surface area contributed by atoms with Gasteiger partial charge in [0.05, 0.1) is 0 Å². The molecule has 0 bridgehead atoms. The number of hydrogen-bond donors (Lipinski definition) is 1. The maximum Gasteiger partial charge on any atom is 1.00 e. The van der Waals surface area contributed by atoms with Crippen molar-refractivity contribution in [1.29, 1.82) is 0 Å². The molecule has 19 heavy (non-hydrogen) atoms. The van der Waals surface area contributed by atoms with Gasteiger partial charge in [-0.05, 0) is 6.42 Å². The standard InChI is InChI=1S/C12H12F3NO2.K.H/c1-2-9(11(17)18)16-10(12(13,14)15)8-6-4-3-5-7-8;;/h3-7,9H,2H2,1H3,(H,17,18);;/q;+1;-1/t9-;;/m0../s1. The smallest absolute Gasteiger partial charge is 1.00 e. The number of rotatable bonds is 4. The summed E-state index contributed by atoms with van der Waals surface area (Å²) in [6.45, 7) is 1.47. The number of aliphatic carboxylic acids is 1. The van der Waals surface area contributed by atoms with Crippen LogP contribution in [0.15, 0.2) is 35.3 Å². The topological polar surface area (TPSA) is 49.7 Å². The largest absolute Gasteiger partial charge is 1.00 e. The van der Waals surface area contributed by atoms with Gasteiger partial charge in [0.2, 0.25) is 0 Å². The number of alkyl halides is 3. The second-order valence-electron chi connectivity index (χ2n) is 3.60. The van der Waals surface area contributed by atoms with E-state index in [-0.39, 0.29) is 64.8 Å². The number of nitrogens with zero attached hydrogens (tertiary/aromatic N) is 1. The first-order valence-corrected chi connectivity index (χ1v) is 5.29. The molecule has 0 saturated heterocycles. The van der Waals surface area contributed by atoms with Crippen molar-refractivity contribution >= 4 is 11.7 Å². The summed E-state index contributed by atoms with van der Waals surface area (Å²) in [5.41, 5.74) is -1.29. The minimum Gasteiger partial charge on any atom is -1.00 e. The van der Waals surface area contributed by atoms with Crippen molar-refractivity contribution in [3.05, 3.63) is 35.9 Å². The Morgan fingerprint density at radius 3 is 2.26 bits per heavy atom. The van der Waals surface area contributed by atoms with E-state index in [2.05, 4.69) is 4.99 Å². The number of benzene rings is 1. The summed E-state index contributed by atoms with van der Waals surface area (Å²) in [5, 5.41) is 8.76. The molecule has 0 fully saturated rings. The Balaban J connectivity index is 0. The summed E-state index contributed by atoms with van der Waals surface area (Å²) in [4.78, 5) is 14.1. The zero-order valence-corrected chi connectivity index (χ0v) is 13.7. The van der Waals surface area contributed by atoms with Crippen LogP contribution in [0.1, 0.15) is 20.3 Å². The van der Waals surface area contributed by atoms with E-state index in [4.69, 9.17) is 5.11 Å². The van der Waals surface area contributed by atoms with Crippen molar-refractivity contribution in [2.24, 2.45) is 4.99 Å². The number of carbonyl (C=O) groups is 1. The molecule has 7 heteroatoms. The minimum atomic E-state index is -4.68. The minimum absolute atomic E-state index is 0. The molecule has 1 aromatic carbocycles. The normalized spacial score (nSPS) is 13.6. The maximum absolute atomic E-state index is 12.8. The number of carboxylic acids is 1. The third-order valence-electron chi connectivity index (χ3n) is 2.27. The summed E-state index contributed by atoms with van der Waals surface area (Å²) in [6.07, 6.45) is -4.67. The molecule has 3 nitrogen and oxygen atoms in total. The SMILES string of the molecule is CC[C@H](N=C(c1ccccc1)C(F)(F)F)C(=O)O.[H-].[K+]. The Kier molecular flexibility index (Phi) is 8.07. The van der Waals surface area contributed by atoms with Crippen LogP contribution in [0.4, 0.5) is 13.2 Å².